The van der Waals surface area contributed by atoms with Crippen LogP contribution in [0.5, 0.6) is 0 Å². The summed E-state index contributed by atoms with van der Waals surface area (Å²) < 4.78 is 0. The molecule has 0 unspecified atom stereocenters. The molecule has 0 atom stereocenters. The molecule has 21 heavy (non-hydrogen) atoms. The van der Waals surface area contributed by atoms with Gasteiger partial charge in [0.2, 0.25) is 0 Å². The highest BCUT2D eigenvalue weighted by atomic mass is 35.5. The van der Waals surface area contributed by atoms with Gasteiger partial charge >= 0.3 is 0 Å². The van der Waals surface area contributed by atoms with Gasteiger partial charge in [0.05, 0.1) is 10.6 Å². The zero-order valence-corrected chi connectivity index (χ0v) is 12.4. The first kappa shape index (κ1) is 13.9. The van der Waals surface area contributed by atoms with Crippen LogP contribution in [0.1, 0.15) is 5.56 Å². The lowest BCUT2D eigenvalue weighted by atomic mass is 10.2. The fraction of sp³-hybridized carbons (Fsp3) is 0. The van der Waals surface area contributed by atoms with Gasteiger partial charge in [-0.15, -0.1) is 0 Å². The van der Waals surface area contributed by atoms with E-state index < -0.39 is 0 Å². The SMILES string of the molecule is N=C1S/C(=C\c2cccnc2)C(=O)N1c1ccc(Cl)cc1. The second-order valence-corrected chi connectivity index (χ2v) is 5.79. The van der Waals surface area contributed by atoms with E-state index in [9.17, 15) is 4.79 Å². The molecule has 1 amide bonds. The second kappa shape index (κ2) is 5.71. The number of nitrogens with one attached hydrogen (secondary N) is 1. The van der Waals surface area contributed by atoms with Crippen LogP contribution in [0.25, 0.3) is 6.08 Å². The Balaban J connectivity index is 1.92. The third-order valence-electron chi connectivity index (χ3n) is 2.89. The lowest BCUT2D eigenvalue weighted by Gasteiger charge is -2.14. The quantitative estimate of drug-likeness (QED) is 0.858. The normalized spacial score (nSPS) is 16.8. The number of amidine groups is 1. The van der Waals surface area contributed by atoms with Gasteiger partial charge in [0, 0.05) is 17.4 Å². The highest BCUT2D eigenvalue weighted by Gasteiger charge is 2.33. The van der Waals surface area contributed by atoms with Crippen LogP contribution in [-0.4, -0.2) is 16.1 Å². The zero-order chi connectivity index (χ0) is 14.8. The topological polar surface area (TPSA) is 57.1 Å². The first-order valence-corrected chi connectivity index (χ1v) is 7.33. The summed E-state index contributed by atoms with van der Waals surface area (Å²) in [5.41, 5.74) is 1.47. The monoisotopic (exact) mass is 315 g/mol. The van der Waals surface area contributed by atoms with Crippen LogP contribution in [0, 0.1) is 5.41 Å². The van der Waals surface area contributed by atoms with E-state index in [1.54, 1.807) is 48.8 Å². The first-order valence-electron chi connectivity index (χ1n) is 6.13. The molecule has 1 fully saturated rings. The van der Waals surface area contributed by atoms with Gasteiger partial charge in [-0.2, -0.15) is 0 Å². The van der Waals surface area contributed by atoms with Gasteiger partial charge in [-0.05, 0) is 53.7 Å². The highest BCUT2D eigenvalue weighted by Crippen LogP contribution is 2.35. The van der Waals surface area contributed by atoms with Crippen molar-refractivity contribution in [2.75, 3.05) is 4.90 Å². The average molecular weight is 316 g/mol. The molecular formula is C15H10ClN3OS. The molecule has 1 N–H and O–H groups in total. The number of pyridine rings is 1. The Morgan fingerprint density at radius 2 is 2.00 bits per heavy atom. The molecule has 4 nitrogen and oxygen atoms in total. The minimum atomic E-state index is -0.212. The molecule has 104 valence electrons. The molecule has 3 rings (SSSR count). The van der Waals surface area contributed by atoms with Crippen molar-refractivity contribution in [2.24, 2.45) is 0 Å². The summed E-state index contributed by atoms with van der Waals surface area (Å²) in [4.78, 5) is 18.3. The van der Waals surface area contributed by atoms with Crippen molar-refractivity contribution in [2.45, 2.75) is 0 Å². The third kappa shape index (κ3) is 2.84. The Labute approximate surface area is 131 Å². The minimum absolute atomic E-state index is 0.178. The molecule has 2 aromatic rings. The van der Waals surface area contributed by atoms with Crippen molar-refractivity contribution in [3.63, 3.8) is 0 Å². The molecule has 0 aliphatic carbocycles. The van der Waals surface area contributed by atoms with Crippen LogP contribution in [0.4, 0.5) is 5.69 Å². The summed E-state index contributed by atoms with van der Waals surface area (Å²) in [5, 5.41) is 8.77. The van der Waals surface area contributed by atoms with Crippen molar-refractivity contribution in [1.82, 2.24) is 4.98 Å². The van der Waals surface area contributed by atoms with Gasteiger partial charge in [0.15, 0.2) is 5.17 Å². The average Bonchev–Trinajstić information content (AvgIpc) is 2.76. The Morgan fingerprint density at radius 3 is 2.67 bits per heavy atom. The fourth-order valence-electron chi connectivity index (χ4n) is 1.92. The largest absolute Gasteiger partial charge is 0.278 e. The number of carbonyl (C=O) groups excluding carboxylic acids is 1. The van der Waals surface area contributed by atoms with Crippen LogP contribution < -0.4 is 4.90 Å². The van der Waals surface area contributed by atoms with Gasteiger partial charge in [0.25, 0.3) is 5.91 Å². The minimum Gasteiger partial charge on any atom is -0.278 e. The Bertz CT molecular complexity index is 728. The van der Waals surface area contributed by atoms with E-state index in [1.165, 1.54) is 4.90 Å². The molecule has 1 aromatic heterocycles. The van der Waals surface area contributed by atoms with Crippen LogP contribution in [0.3, 0.4) is 0 Å². The van der Waals surface area contributed by atoms with Gasteiger partial charge < -0.3 is 0 Å². The number of rotatable bonds is 2. The van der Waals surface area contributed by atoms with Crippen LogP contribution in [0.2, 0.25) is 5.02 Å². The molecule has 1 aliphatic rings. The Kier molecular flexibility index (Phi) is 3.77. The molecule has 0 saturated carbocycles. The standard InChI is InChI=1S/C15H10ClN3OS/c16-11-3-5-12(6-4-11)19-14(20)13(21-15(19)17)8-10-2-1-7-18-9-10/h1-9,17H/b13-8-,17-15?. The predicted molar refractivity (Wildman–Crippen MR) is 86.5 cm³/mol. The van der Waals surface area contributed by atoms with E-state index in [4.69, 9.17) is 17.0 Å². The van der Waals surface area contributed by atoms with Gasteiger partial charge in [0.1, 0.15) is 0 Å². The number of halogens is 1. The van der Waals surface area contributed by atoms with Crippen molar-refractivity contribution < 1.29 is 4.79 Å². The molecule has 0 spiro atoms. The zero-order valence-electron chi connectivity index (χ0n) is 10.8. The summed E-state index contributed by atoms with van der Waals surface area (Å²) in [6, 6.07) is 10.5. The molecule has 1 saturated heterocycles. The molecule has 0 radical (unpaired) electrons. The molecule has 6 heteroatoms. The highest BCUT2D eigenvalue weighted by molar-refractivity contribution is 8.19. The lowest BCUT2D eigenvalue weighted by Crippen LogP contribution is -2.27. The number of carbonyl (C=O) groups is 1. The molecule has 1 aromatic carbocycles. The summed E-state index contributed by atoms with van der Waals surface area (Å²) >= 11 is 6.98. The van der Waals surface area contributed by atoms with Gasteiger partial charge in [-0.3, -0.25) is 20.1 Å². The first-order chi connectivity index (χ1) is 10.1. The van der Waals surface area contributed by atoms with Gasteiger partial charge in [-0.25, -0.2) is 0 Å². The number of thioether (sulfide) groups is 1. The maximum absolute atomic E-state index is 12.4. The van der Waals surface area contributed by atoms with Crippen molar-refractivity contribution in [3.8, 4) is 0 Å². The van der Waals surface area contributed by atoms with Crippen LogP contribution in [-0.2, 0) is 4.79 Å². The van der Waals surface area contributed by atoms with E-state index in [2.05, 4.69) is 4.98 Å². The van der Waals surface area contributed by atoms with Crippen molar-refractivity contribution >= 4 is 46.2 Å². The molecule has 2 heterocycles. The summed E-state index contributed by atoms with van der Waals surface area (Å²) in [5.74, 6) is -0.212. The van der Waals surface area contributed by atoms with E-state index >= 15 is 0 Å². The smallest absolute Gasteiger partial charge is 0.271 e. The maximum atomic E-state index is 12.4. The third-order valence-corrected chi connectivity index (χ3v) is 4.03. The number of nitrogens with zero attached hydrogens (tertiary/aromatic N) is 2. The Morgan fingerprint density at radius 1 is 1.24 bits per heavy atom. The van der Waals surface area contributed by atoms with Crippen molar-refractivity contribution in [1.29, 1.82) is 5.41 Å². The number of hydrogen-bond donors (Lipinski definition) is 1. The van der Waals surface area contributed by atoms with E-state index in [1.807, 2.05) is 6.07 Å². The molecule has 1 aliphatic heterocycles. The lowest BCUT2D eigenvalue weighted by molar-refractivity contribution is -0.113. The van der Waals surface area contributed by atoms with Crippen molar-refractivity contribution in [3.05, 3.63) is 64.3 Å². The van der Waals surface area contributed by atoms with E-state index in [0.29, 0.717) is 15.6 Å². The second-order valence-electron chi connectivity index (χ2n) is 4.32. The predicted octanol–water partition coefficient (Wildman–Crippen LogP) is 3.79. The number of anilines is 1. The van der Waals surface area contributed by atoms with Gasteiger partial charge in [-0.1, -0.05) is 17.7 Å². The summed E-state index contributed by atoms with van der Waals surface area (Å²) in [7, 11) is 0. The van der Waals surface area contributed by atoms with E-state index in [0.717, 1.165) is 17.3 Å². The number of amides is 1. The summed E-state index contributed by atoms with van der Waals surface area (Å²) in [6.07, 6.45) is 5.09. The van der Waals surface area contributed by atoms with E-state index in [-0.39, 0.29) is 11.1 Å². The number of hydrogen-bond acceptors (Lipinski definition) is 4. The summed E-state index contributed by atoms with van der Waals surface area (Å²) in [6.45, 7) is 0. The Hall–Kier alpha value is -2.11. The molecular weight excluding hydrogens is 306 g/mol. The molecule has 0 bridgehead atoms. The number of benzene rings is 1. The number of aromatic nitrogens is 1. The van der Waals surface area contributed by atoms with Crippen LogP contribution >= 0.6 is 23.4 Å². The maximum Gasteiger partial charge on any atom is 0.271 e. The van der Waals surface area contributed by atoms with Crippen LogP contribution in [0.15, 0.2) is 53.7 Å². The fourth-order valence-corrected chi connectivity index (χ4v) is 2.91.